The van der Waals surface area contributed by atoms with Crippen molar-refractivity contribution in [1.29, 1.82) is 0 Å². The van der Waals surface area contributed by atoms with Crippen molar-refractivity contribution in [3.8, 4) is 0 Å². The summed E-state index contributed by atoms with van der Waals surface area (Å²) in [7, 11) is -9.91. The van der Waals surface area contributed by atoms with Crippen LogP contribution in [0.15, 0.2) is 0 Å². The number of phosphoric acid groups is 2. The molecule has 0 aromatic heterocycles. The van der Waals surface area contributed by atoms with Gasteiger partial charge in [0.25, 0.3) is 0 Å². The van der Waals surface area contributed by atoms with Crippen molar-refractivity contribution in [3.05, 3.63) is 0 Å². The third-order valence-corrected chi connectivity index (χ3v) is 19.3. The zero-order chi connectivity index (χ0) is 68.9. The van der Waals surface area contributed by atoms with Crippen LogP contribution in [0.1, 0.15) is 370 Å². The highest BCUT2D eigenvalue weighted by molar-refractivity contribution is 7.47. The maximum absolute atomic E-state index is 13.1. The van der Waals surface area contributed by atoms with E-state index in [1.54, 1.807) is 0 Å². The normalized spacial score (nSPS) is 14.5. The standard InChI is InChI=1S/C74H144O17P2/c1-9-67(8)53-45-37-28-22-18-19-25-31-41-49-57-74(79)91-70(61-85-72(77)55-47-39-33-32-36-44-52-66(6)7)63-89-93(82,83)87-59-68(75)58-86-92(80,81)88-62-69(90-73(78)56-48-40-30-24-17-13-15-21-27-35-43-51-65(4)5)60-84-71(76)54-46-38-29-23-16-12-10-11-14-20-26-34-42-50-64(2)3/h64-70,75H,9-63H2,1-8H3,(H,80,81)(H,82,83)/t67?,68-,69-,70-/m1/s1. The summed E-state index contributed by atoms with van der Waals surface area (Å²) in [6.45, 7) is 14.1. The molecule has 3 N–H and O–H groups in total. The molecule has 19 heteroatoms. The van der Waals surface area contributed by atoms with Gasteiger partial charge in [-0.15, -0.1) is 0 Å². The molecule has 0 spiro atoms. The van der Waals surface area contributed by atoms with E-state index in [1.807, 2.05) is 0 Å². The molecule has 0 amide bonds. The molecule has 0 saturated carbocycles. The number of hydrogen-bond acceptors (Lipinski definition) is 15. The summed E-state index contributed by atoms with van der Waals surface area (Å²) >= 11 is 0. The van der Waals surface area contributed by atoms with Gasteiger partial charge in [-0.3, -0.25) is 37.3 Å². The van der Waals surface area contributed by atoms with Crippen LogP contribution in [-0.4, -0.2) is 96.7 Å². The minimum absolute atomic E-state index is 0.105. The van der Waals surface area contributed by atoms with Crippen molar-refractivity contribution in [2.75, 3.05) is 39.6 Å². The number of unbranched alkanes of at least 4 members (excludes halogenated alkanes) is 36. The number of carbonyl (C=O) groups is 4. The maximum Gasteiger partial charge on any atom is 0.472 e. The Hall–Kier alpha value is -1.94. The molecule has 0 bridgehead atoms. The van der Waals surface area contributed by atoms with Gasteiger partial charge in [0, 0.05) is 25.7 Å². The third kappa shape index (κ3) is 67.0. The monoisotopic (exact) mass is 1370 g/mol. The van der Waals surface area contributed by atoms with Gasteiger partial charge < -0.3 is 33.8 Å². The zero-order valence-corrected chi connectivity index (χ0v) is 62.7. The lowest BCUT2D eigenvalue weighted by Crippen LogP contribution is -2.30. The number of ether oxygens (including phenoxy) is 4. The Morgan fingerprint density at radius 3 is 0.763 bits per heavy atom. The Labute approximate surface area is 568 Å². The lowest BCUT2D eigenvalue weighted by Gasteiger charge is -2.21. The average Bonchev–Trinajstić information content (AvgIpc) is 2.60. The van der Waals surface area contributed by atoms with E-state index in [0.717, 1.165) is 114 Å². The molecule has 552 valence electrons. The molecule has 0 aliphatic rings. The van der Waals surface area contributed by atoms with Crippen molar-refractivity contribution in [1.82, 2.24) is 0 Å². The van der Waals surface area contributed by atoms with Crippen molar-refractivity contribution in [2.24, 2.45) is 23.7 Å². The second kappa shape index (κ2) is 63.5. The second-order valence-electron chi connectivity index (χ2n) is 28.4. The Balaban J connectivity index is 5.25. The molecule has 3 unspecified atom stereocenters. The molecule has 0 heterocycles. The van der Waals surface area contributed by atoms with E-state index in [1.165, 1.54) is 167 Å². The summed E-state index contributed by atoms with van der Waals surface area (Å²) < 4.78 is 68.4. The van der Waals surface area contributed by atoms with Gasteiger partial charge in [-0.05, 0) is 49.4 Å². The minimum Gasteiger partial charge on any atom is -0.462 e. The highest BCUT2D eigenvalue weighted by atomic mass is 31.2. The fraction of sp³-hybridized carbons (Fsp3) is 0.946. The van der Waals surface area contributed by atoms with Gasteiger partial charge in [0.2, 0.25) is 0 Å². The first-order valence-electron chi connectivity index (χ1n) is 38.2. The van der Waals surface area contributed by atoms with Crippen molar-refractivity contribution < 1.29 is 80.2 Å². The lowest BCUT2D eigenvalue weighted by molar-refractivity contribution is -0.161. The molecule has 0 aromatic rings. The van der Waals surface area contributed by atoms with Gasteiger partial charge in [0.15, 0.2) is 12.2 Å². The number of aliphatic hydroxyl groups is 1. The SMILES string of the molecule is CCC(C)CCCCCCCCCCCCC(=O)O[C@H](COC(=O)CCCCCCCCC(C)C)COP(=O)(O)OC[C@H](O)COP(=O)(O)OC[C@@H](COC(=O)CCCCCCCCCCCCCCCC(C)C)OC(=O)CCCCCCCCCCCCCC(C)C. The van der Waals surface area contributed by atoms with Crippen molar-refractivity contribution in [2.45, 2.75) is 388 Å². The van der Waals surface area contributed by atoms with Crippen molar-refractivity contribution in [3.63, 3.8) is 0 Å². The van der Waals surface area contributed by atoms with Gasteiger partial charge in [-0.1, -0.05) is 319 Å². The van der Waals surface area contributed by atoms with Gasteiger partial charge in [0.1, 0.15) is 19.3 Å². The topological polar surface area (TPSA) is 237 Å². The minimum atomic E-state index is -4.96. The largest absolute Gasteiger partial charge is 0.472 e. The Bertz CT molecular complexity index is 1840. The van der Waals surface area contributed by atoms with Crippen LogP contribution in [0.25, 0.3) is 0 Å². The van der Waals surface area contributed by atoms with E-state index in [2.05, 4.69) is 55.4 Å². The van der Waals surface area contributed by atoms with Crippen LogP contribution in [-0.2, 0) is 65.4 Å². The molecule has 0 saturated heterocycles. The average molecular weight is 1370 g/mol. The van der Waals surface area contributed by atoms with Gasteiger partial charge >= 0.3 is 39.5 Å². The summed E-state index contributed by atoms with van der Waals surface area (Å²) in [4.78, 5) is 72.7. The summed E-state index contributed by atoms with van der Waals surface area (Å²) in [6, 6.07) is 0. The zero-order valence-electron chi connectivity index (χ0n) is 60.9. The molecule has 0 aliphatic heterocycles. The number of esters is 4. The van der Waals surface area contributed by atoms with Crippen LogP contribution < -0.4 is 0 Å². The Morgan fingerprint density at radius 1 is 0.301 bits per heavy atom. The lowest BCUT2D eigenvalue weighted by atomic mass is 9.99. The highest BCUT2D eigenvalue weighted by Gasteiger charge is 2.30. The second-order valence-corrected chi connectivity index (χ2v) is 31.3. The number of aliphatic hydroxyl groups excluding tert-OH is 1. The van der Waals surface area contributed by atoms with E-state index in [4.69, 9.17) is 37.0 Å². The molecule has 0 fully saturated rings. The first kappa shape index (κ1) is 91.1. The number of phosphoric ester groups is 2. The number of rotatable bonds is 71. The summed E-state index contributed by atoms with van der Waals surface area (Å²) in [5, 5.41) is 10.6. The molecule has 93 heavy (non-hydrogen) atoms. The summed E-state index contributed by atoms with van der Waals surface area (Å²) in [5.74, 6) is 0.914. The molecular weight excluding hydrogens is 1220 g/mol. The predicted octanol–water partition coefficient (Wildman–Crippen LogP) is 21.3. The van der Waals surface area contributed by atoms with E-state index < -0.39 is 97.5 Å². The first-order chi connectivity index (χ1) is 44.6. The van der Waals surface area contributed by atoms with E-state index >= 15 is 0 Å². The van der Waals surface area contributed by atoms with E-state index in [0.29, 0.717) is 31.6 Å². The van der Waals surface area contributed by atoms with Crippen LogP contribution in [0, 0.1) is 23.7 Å². The molecule has 0 radical (unpaired) electrons. The van der Waals surface area contributed by atoms with E-state index in [-0.39, 0.29) is 25.7 Å². The maximum atomic E-state index is 13.1. The predicted molar refractivity (Wildman–Crippen MR) is 377 cm³/mol. The Kier molecular flexibility index (Phi) is 62.2. The van der Waals surface area contributed by atoms with E-state index in [9.17, 15) is 43.2 Å². The summed E-state index contributed by atoms with van der Waals surface area (Å²) in [6.07, 6.45) is 47.2. The molecule has 0 rings (SSSR count). The van der Waals surface area contributed by atoms with Crippen LogP contribution >= 0.6 is 15.6 Å². The smallest absolute Gasteiger partial charge is 0.462 e. The molecule has 0 aromatic carbocycles. The van der Waals surface area contributed by atoms with Gasteiger partial charge in [0.05, 0.1) is 26.4 Å². The Morgan fingerprint density at radius 2 is 0.516 bits per heavy atom. The fourth-order valence-electron chi connectivity index (χ4n) is 11.2. The summed E-state index contributed by atoms with van der Waals surface area (Å²) in [5.41, 5.74) is 0. The molecule has 6 atom stereocenters. The first-order valence-corrected chi connectivity index (χ1v) is 41.2. The quantitative estimate of drug-likeness (QED) is 0.0222. The number of carbonyl (C=O) groups excluding carboxylic acids is 4. The molecule has 0 aliphatic carbocycles. The number of hydrogen-bond donors (Lipinski definition) is 3. The fourth-order valence-corrected chi connectivity index (χ4v) is 12.7. The molecule has 17 nitrogen and oxygen atoms in total. The highest BCUT2D eigenvalue weighted by Crippen LogP contribution is 2.45. The van der Waals surface area contributed by atoms with Crippen LogP contribution in [0.3, 0.4) is 0 Å². The van der Waals surface area contributed by atoms with Crippen LogP contribution in [0.2, 0.25) is 0 Å². The molecular formula is C74H144O17P2. The third-order valence-electron chi connectivity index (χ3n) is 17.4. The van der Waals surface area contributed by atoms with Crippen LogP contribution in [0.5, 0.6) is 0 Å². The van der Waals surface area contributed by atoms with Gasteiger partial charge in [-0.2, -0.15) is 0 Å². The van der Waals surface area contributed by atoms with Crippen LogP contribution in [0.4, 0.5) is 0 Å². The van der Waals surface area contributed by atoms with Crippen molar-refractivity contribution >= 4 is 39.5 Å². The van der Waals surface area contributed by atoms with Gasteiger partial charge in [-0.25, -0.2) is 9.13 Å².